The van der Waals surface area contributed by atoms with Crippen molar-refractivity contribution in [3.05, 3.63) is 89.6 Å². The topological polar surface area (TPSA) is 114 Å². The van der Waals surface area contributed by atoms with Gasteiger partial charge in [0.25, 0.3) is 15.9 Å². The van der Waals surface area contributed by atoms with Crippen molar-refractivity contribution in [2.75, 3.05) is 4.72 Å². The Hall–Kier alpha value is -3.56. The zero-order valence-electron chi connectivity index (χ0n) is 16.0. The van der Waals surface area contributed by atoms with Gasteiger partial charge in [0, 0.05) is 29.0 Å². The fourth-order valence-electron chi connectivity index (χ4n) is 2.98. The molecule has 0 saturated carbocycles. The van der Waals surface area contributed by atoms with Crippen molar-refractivity contribution >= 4 is 44.1 Å². The third kappa shape index (κ3) is 4.62. The maximum atomic E-state index is 13.1. The average Bonchev–Trinajstić information content (AvgIpc) is 2.77. The van der Waals surface area contributed by atoms with Crippen molar-refractivity contribution in [1.82, 2.24) is 20.3 Å². The van der Waals surface area contributed by atoms with Crippen LogP contribution in [0.5, 0.6) is 0 Å². The summed E-state index contributed by atoms with van der Waals surface area (Å²) < 4.78 is 28.7. The van der Waals surface area contributed by atoms with Gasteiger partial charge < -0.3 is 5.32 Å². The van der Waals surface area contributed by atoms with Crippen molar-refractivity contribution in [3.63, 3.8) is 0 Å². The number of carbonyl (C=O) groups is 1. The summed E-state index contributed by atoms with van der Waals surface area (Å²) in [6, 6.07) is 12.7. The van der Waals surface area contributed by atoms with E-state index in [1.54, 1.807) is 24.3 Å². The van der Waals surface area contributed by atoms with Gasteiger partial charge >= 0.3 is 0 Å². The molecule has 0 aliphatic rings. The van der Waals surface area contributed by atoms with Crippen LogP contribution in [0.2, 0.25) is 5.02 Å². The molecule has 0 spiro atoms. The number of aromatic nitrogens is 3. The molecular formula is C21H16ClN5O3S. The van der Waals surface area contributed by atoms with Crippen LogP contribution in [-0.2, 0) is 16.6 Å². The molecule has 2 aromatic heterocycles. The lowest BCUT2D eigenvalue weighted by Gasteiger charge is -2.14. The lowest BCUT2D eigenvalue weighted by molar-refractivity contribution is 0.0951. The van der Waals surface area contributed by atoms with Crippen LogP contribution < -0.4 is 10.0 Å². The van der Waals surface area contributed by atoms with Crippen LogP contribution in [0, 0.1) is 0 Å². The highest BCUT2D eigenvalue weighted by molar-refractivity contribution is 7.93. The van der Waals surface area contributed by atoms with E-state index in [9.17, 15) is 13.2 Å². The first kappa shape index (κ1) is 20.7. The zero-order chi connectivity index (χ0) is 21.8. The number of hydrogen-bond donors (Lipinski definition) is 2. The van der Waals surface area contributed by atoms with Gasteiger partial charge in [0.15, 0.2) is 0 Å². The molecule has 2 aromatic carbocycles. The molecule has 0 aliphatic carbocycles. The van der Waals surface area contributed by atoms with E-state index in [-0.39, 0.29) is 27.7 Å². The monoisotopic (exact) mass is 453 g/mol. The van der Waals surface area contributed by atoms with Gasteiger partial charge in [-0.05, 0) is 30.3 Å². The van der Waals surface area contributed by atoms with Crippen molar-refractivity contribution in [2.24, 2.45) is 0 Å². The molecule has 2 heterocycles. The first-order chi connectivity index (χ1) is 14.9. The number of sulfonamides is 1. The van der Waals surface area contributed by atoms with E-state index in [2.05, 4.69) is 25.0 Å². The molecular weight excluding hydrogens is 438 g/mol. The Morgan fingerprint density at radius 2 is 1.84 bits per heavy atom. The summed E-state index contributed by atoms with van der Waals surface area (Å²) in [5.41, 5.74) is 1.06. The van der Waals surface area contributed by atoms with Crippen molar-refractivity contribution in [2.45, 2.75) is 11.4 Å². The lowest BCUT2D eigenvalue weighted by Crippen LogP contribution is -2.25. The number of nitrogens with one attached hydrogen (secondary N) is 2. The van der Waals surface area contributed by atoms with Gasteiger partial charge in [0.2, 0.25) is 0 Å². The Labute approximate surface area is 183 Å². The maximum absolute atomic E-state index is 13.1. The number of rotatable bonds is 6. The van der Waals surface area contributed by atoms with E-state index < -0.39 is 15.9 Å². The Morgan fingerprint density at radius 3 is 2.65 bits per heavy atom. The van der Waals surface area contributed by atoms with Crippen molar-refractivity contribution < 1.29 is 13.2 Å². The predicted molar refractivity (Wildman–Crippen MR) is 117 cm³/mol. The molecule has 31 heavy (non-hydrogen) atoms. The van der Waals surface area contributed by atoms with Gasteiger partial charge in [-0.3, -0.25) is 24.5 Å². The van der Waals surface area contributed by atoms with Gasteiger partial charge in [0.1, 0.15) is 4.90 Å². The van der Waals surface area contributed by atoms with Crippen molar-refractivity contribution in [3.8, 4) is 0 Å². The molecule has 1 amide bonds. The van der Waals surface area contributed by atoms with Gasteiger partial charge in [-0.1, -0.05) is 29.8 Å². The molecule has 0 radical (unpaired) electrons. The quantitative estimate of drug-likeness (QED) is 0.462. The van der Waals surface area contributed by atoms with E-state index in [1.165, 1.54) is 49.1 Å². The maximum Gasteiger partial charge on any atom is 0.264 e. The molecule has 0 bridgehead atoms. The minimum atomic E-state index is -4.05. The van der Waals surface area contributed by atoms with Gasteiger partial charge in [-0.15, -0.1) is 0 Å². The smallest absolute Gasteiger partial charge is 0.264 e. The van der Waals surface area contributed by atoms with E-state index in [0.29, 0.717) is 16.6 Å². The highest BCUT2D eigenvalue weighted by Crippen LogP contribution is 2.27. The standard InChI is InChI=1S/C21H16ClN5O3S/c22-15-6-7-17(21(28)26-13-16-12-23-9-10-24-16)18(11-15)27-31(29,30)19-5-1-3-14-4-2-8-25-20(14)19/h1-12,27H,13H2,(H,26,28). The largest absolute Gasteiger partial charge is 0.346 e. The zero-order valence-corrected chi connectivity index (χ0v) is 17.6. The summed E-state index contributed by atoms with van der Waals surface area (Å²) in [7, 11) is -4.05. The number of halogens is 1. The molecule has 0 saturated heterocycles. The molecule has 10 heteroatoms. The Morgan fingerprint density at radius 1 is 1.00 bits per heavy atom. The molecule has 156 valence electrons. The summed E-state index contributed by atoms with van der Waals surface area (Å²) in [5.74, 6) is -0.490. The Kier molecular flexibility index (Phi) is 5.79. The molecule has 4 aromatic rings. The number of nitrogens with zero attached hydrogens (tertiary/aromatic N) is 3. The summed E-state index contributed by atoms with van der Waals surface area (Å²) in [4.78, 5) is 25.0. The van der Waals surface area contributed by atoms with Crippen LogP contribution in [0.4, 0.5) is 5.69 Å². The Balaban J connectivity index is 1.65. The van der Waals surface area contributed by atoms with Crippen LogP contribution >= 0.6 is 11.6 Å². The minimum absolute atomic E-state index is 0.00325. The number of amides is 1. The number of fused-ring (bicyclic) bond motifs is 1. The van der Waals surface area contributed by atoms with Crippen LogP contribution in [-0.4, -0.2) is 29.3 Å². The summed E-state index contributed by atoms with van der Waals surface area (Å²) in [6.07, 6.45) is 6.09. The summed E-state index contributed by atoms with van der Waals surface area (Å²) in [5, 5.41) is 3.65. The predicted octanol–water partition coefficient (Wildman–Crippen LogP) is 3.41. The molecule has 4 rings (SSSR count). The number of para-hydroxylation sites is 1. The fraction of sp³-hybridized carbons (Fsp3) is 0.0476. The molecule has 0 atom stereocenters. The number of hydrogen-bond acceptors (Lipinski definition) is 6. The molecule has 0 unspecified atom stereocenters. The molecule has 0 aliphatic heterocycles. The van der Waals surface area contributed by atoms with Gasteiger partial charge in [-0.2, -0.15) is 0 Å². The van der Waals surface area contributed by atoms with Crippen LogP contribution in [0.15, 0.2) is 78.2 Å². The molecule has 0 fully saturated rings. The summed E-state index contributed by atoms with van der Waals surface area (Å²) >= 11 is 6.07. The first-order valence-electron chi connectivity index (χ1n) is 9.13. The minimum Gasteiger partial charge on any atom is -0.346 e. The second-order valence-corrected chi connectivity index (χ2v) is 8.59. The van der Waals surface area contributed by atoms with Gasteiger partial charge in [-0.25, -0.2) is 8.42 Å². The Bertz CT molecular complexity index is 1360. The highest BCUT2D eigenvalue weighted by Gasteiger charge is 2.22. The normalized spacial score (nSPS) is 11.3. The van der Waals surface area contributed by atoms with Crippen LogP contribution in [0.3, 0.4) is 0 Å². The molecule has 2 N–H and O–H groups in total. The van der Waals surface area contributed by atoms with E-state index in [0.717, 1.165) is 0 Å². The van der Waals surface area contributed by atoms with Gasteiger partial charge in [0.05, 0.1) is 35.2 Å². The van der Waals surface area contributed by atoms with Crippen molar-refractivity contribution in [1.29, 1.82) is 0 Å². The second-order valence-electron chi connectivity index (χ2n) is 6.51. The summed E-state index contributed by atoms with van der Waals surface area (Å²) in [6.45, 7) is 0.134. The lowest BCUT2D eigenvalue weighted by atomic mass is 10.1. The number of carbonyl (C=O) groups excluding carboxylic acids is 1. The second kappa shape index (κ2) is 8.66. The SMILES string of the molecule is O=C(NCc1cnccn1)c1ccc(Cl)cc1NS(=O)(=O)c1cccc2cccnc12. The number of pyridine rings is 1. The van der Waals surface area contributed by atoms with Crippen LogP contribution in [0.1, 0.15) is 16.1 Å². The van der Waals surface area contributed by atoms with E-state index in [1.807, 2.05) is 0 Å². The van der Waals surface area contributed by atoms with Crippen LogP contribution in [0.25, 0.3) is 10.9 Å². The third-order valence-electron chi connectivity index (χ3n) is 4.40. The van der Waals surface area contributed by atoms with E-state index in [4.69, 9.17) is 11.6 Å². The average molecular weight is 454 g/mol. The fourth-order valence-corrected chi connectivity index (χ4v) is 4.40. The van der Waals surface area contributed by atoms with E-state index >= 15 is 0 Å². The molecule has 8 nitrogen and oxygen atoms in total. The third-order valence-corrected chi connectivity index (χ3v) is 6.03. The first-order valence-corrected chi connectivity index (χ1v) is 11.0. The number of anilines is 1. The highest BCUT2D eigenvalue weighted by atomic mass is 35.5. The number of benzene rings is 2.